The Kier molecular flexibility index (Phi) is 8.35. The van der Waals surface area contributed by atoms with E-state index in [1.807, 2.05) is 0 Å². The summed E-state index contributed by atoms with van der Waals surface area (Å²) in [7, 11) is 0. The normalized spacial score (nSPS) is 12.9. The molecule has 1 aromatic carbocycles. The molecule has 0 aliphatic heterocycles. The van der Waals surface area contributed by atoms with Crippen LogP contribution in [0.15, 0.2) is 28.7 Å². The maximum atomic E-state index is 3.61. The first kappa shape index (κ1) is 16.7. The van der Waals surface area contributed by atoms with Gasteiger partial charge >= 0.3 is 0 Å². The van der Waals surface area contributed by atoms with Crippen LogP contribution in [0.2, 0.25) is 0 Å². The van der Waals surface area contributed by atoms with Crippen molar-refractivity contribution in [2.24, 2.45) is 0 Å². The van der Waals surface area contributed by atoms with Gasteiger partial charge in [-0.3, -0.25) is 0 Å². The Morgan fingerprint density at radius 2 is 1.79 bits per heavy atom. The lowest BCUT2D eigenvalue weighted by Crippen LogP contribution is -2.32. The molecule has 0 spiro atoms. The van der Waals surface area contributed by atoms with Crippen LogP contribution in [0, 0.1) is 0 Å². The summed E-state index contributed by atoms with van der Waals surface area (Å²) in [6, 6.07) is 9.15. The van der Waals surface area contributed by atoms with Gasteiger partial charge in [-0.05, 0) is 63.6 Å². The van der Waals surface area contributed by atoms with Crippen molar-refractivity contribution in [1.29, 1.82) is 0 Å². The average molecular weight is 327 g/mol. The Morgan fingerprint density at radius 1 is 1.16 bits per heavy atom. The molecule has 108 valence electrons. The van der Waals surface area contributed by atoms with Crippen LogP contribution in [0.4, 0.5) is 0 Å². The van der Waals surface area contributed by atoms with Crippen LogP contribution in [0.3, 0.4) is 0 Å². The molecule has 1 unspecified atom stereocenters. The van der Waals surface area contributed by atoms with Gasteiger partial charge in [0.1, 0.15) is 0 Å². The van der Waals surface area contributed by atoms with Gasteiger partial charge in [-0.2, -0.15) is 0 Å². The molecule has 0 aliphatic rings. The number of hydrogen-bond donors (Lipinski definition) is 1. The first-order valence-corrected chi connectivity index (χ1v) is 8.15. The number of nitrogens with zero attached hydrogens (tertiary/aromatic N) is 1. The van der Waals surface area contributed by atoms with E-state index >= 15 is 0 Å². The highest BCUT2D eigenvalue weighted by molar-refractivity contribution is 9.10. The Balaban J connectivity index is 2.17. The van der Waals surface area contributed by atoms with E-state index in [0.29, 0.717) is 6.04 Å². The SMILES string of the molecule is CCN(CC)CCCNC(C)Cc1ccc(Br)cc1. The maximum absolute atomic E-state index is 3.61. The molecule has 2 nitrogen and oxygen atoms in total. The molecular weight excluding hydrogens is 300 g/mol. The van der Waals surface area contributed by atoms with Crippen molar-refractivity contribution in [3.05, 3.63) is 34.3 Å². The number of benzene rings is 1. The zero-order valence-corrected chi connectivity index (χ0v) is 14.0. The molecule has 0 heterocycles. The van der Waals surface area contributed by atoms with Crippen molar-refractivity contribution in [3.63, 3.8) is 0 Å². The first-order chi connectivity index (χ1) is 9.15. The van der Waals surface area contributed by atoms with Gasteiger partial charge in [0.05, 0.1) is 0 Å². The van der Waals surface area contributed by atoms with E-state index in [-0.39, 0.29) is 0 Å². The summed E-state index contributed by atoms with van der Waals surface area (Å²) in [5.74, 6) is 0. The minimum atomic E-state index is 0.540. The fraction of sp³-hybridized carbons (Fsp3) is 0.625. The highest BCUT2D eigenvalue weighted by Gasteiger charge is 2.03. The maximum Gasteiger partial charge on any atom is 0.0175 e. The molecule has 1 N–H and O–H groups in total. The van der Waals surface area contributed by atoms with Crippen LogP contribution in [0.5, 0.6) is 0 Å². The van der Waals surface area contributed by atoms with Crippen LogP contribution in [-0.4, -0.2) is 37.1 Å². The molecular formula is C16H27BrN2. The van der Waals surface area contributed by atoms with Crippen LogP contribution in [0.1, 0.15) is 32.8 Å². The van der Waals surface area contributed by atoms with Crippen molar-refractivity contribution in [3.8, 4) is 0 Å². The van der Waals surface area contributed by atoms with Gasteiger partial charge in [-0.15, -0.1) is 0 Å². The summed E-state index contributed by atoms with van der Waals surface area (Å²) in [5, 5.41) is 3.61. The molecule has 0 radical (unpaired) electrons. The Morgan fingerprint density at radius 3 is 2.37 bits per heavy atom. The van der Waals surface area contributed by atoms with Gasteiger partial charge in [0, 0.05) is 10.5 Å². The smallest absolute Gasteiger partial charge is 0.0175 e. The van der Waals surface area contributed by atoms with Crippen LogP contribution < -0.4 is 5.32 Å². The Bertz CT molecular complexity index is 333. The Hall–Kier alpha value is -0.380. The van der Waals surface area contributed by atoms with Crippen molar-refractivity contribution in [2.45, 2.75) is 39.7 Å². The van der Waals surface area contributed by atoms with Crippen molar-refractivity contribution in [2.75, 3.05) is 26.2 Å². The summed E-state index contributed by atoms with van der Waals surface area (Å²) in [6.07, 6.45) is 2.32. The first-order valence-electron chi connectivity index (χ1n) is 7.35. The Labute approximate surface area is 126 Å². The highest BCUT2D eigenvalue weighted by Crippen LogP contribution is 2.11. The van der Waals surface area contributed by atoms with E-state index < -0.39 is 0 Å². The summed E-state index contributed by atoms with van der Waals surface area (Å²) < 4.78 is 1.15. The predicted molar refractivity (Wildman–Crippen MR) is 87.7 cm³/mol. The van der Waals surface area contributed by atoms with E-state index in [2.05, 4.69) is 71.2 Å². The van der Waals surface area contributed by atoms with Gasteiger partial charge in [0.25, 0.3) is 0 Å². The zero-order valence-electron chi connectivity index (χ0n) is 12.5. The van der Waals surface area contributed by atoms with Crippen LogP contribution in [-0.2, 0) is 6.42 Å². The quantitative estimate of drug-likeness (QED) is 0.696. The van der Waals surface area contributed by atoms with Crippen molar-refractivity contribution < 1.29 is 0 Å². The van der Waals surface area contributed by atoms with Gasteiger partial charge in [0.15, 0.2) is 0 Å². The summed E-state index contributed by atoms with van der Waals surface area (Å²) in [5.41, 5.74) is 1.40. The molecule has 0 amide bonds. The minimum Gasteiger partial charge on any atom is -0.314 e. The number of hydrogen-bond acceptors (Lipinski definition) is 2. The van der Waals surface area contributed by atoms with Crippen molar-refractivity contribution in [1.82, 2.24) is 10.2 Å². The van der Waals surface area contributed by atoms with Crippen LogP contribution in [0.25, 0.3) is 0 Å². The van der Waals surface area contributed by atoms with E-state index in [1.165, 1.54) is 18.5 Å². The summed E-state index contributed by atoms with van der Waals surface area (Å²) in [6.45, 7) is 11.3. The molecule has 0 aliphatic carbocycles. The van der Waals surface area contributed by atoms with E-state index in [1.54, 1.807) is 0 Å². The summed E-state index contributed by atoms with van der Waals surface area (Å²) in [4.78, 5) is 2.47. The third kappa shape index (κ3) is 7.09. The lowest BCUT2D eigenvalue weighted by atomic mass is 10.1. The summed E-state index contributed by atoms with van der Waals surface area (Å²) >= 11 is 3.47. The third-order valence-corrected chi connectivity index (χ3v) is 4.02. The van der Waals surface area contributed by atoms with E-state index in [0.717, 1.165) is 30.5 Å². The molecule has 1 atom stereocenters. The van der Waals surface area contributed by atoms with E-state index in [4.69, 9.17) is 0 Å². The molecule has 0 aromatic heterocycles. The standard InChI is InChI=1S/C16H27BrN2/c1-4-19(5-2)12-6-11-18-14(3)13-15-7-9-16(17)10-8-15/h7-10,14,18H,4-6,11-13H2,1-3H3. The number of halogens is 1. The minimum absolute atomic E-state index is 0.540. The van der Waals surface area contributed by atoms with Crippen molar-refractivity contribution >= 4 is 15.9 Å². The second-order valence-electron chi connectivity index (χ2n) is 5.07. The molecule has 19 heavy (non-hydrogen) atoms. The molecule has 0 bridgehead atoms. The average Bonchev–Trinajstić information content (AvgIpc) is 2.42. The van der Waals surface area contributed by atoms with Gasteiger partial charge < -0.3 is 10.2 Å². The highest BCUT2D eigenvalue weighted by atomic mass is 79.9. The molecule has 3 heteroatoms. The second-order valence-corrected chi connectivity index (χ2v) is 5.98. The second kappa shape index (κ2) is 9.51. The zero-order chi connectivity index (χ0) is 14.1. The molecule has 1 rings (SSSR count). The van der Waals surface area contributed by atoms with Crippen LogP contribution >= 0.6 is 15.9 Å². The van der Waals surface area contributed by atoms with Gasteiger partial charge in [-0.25, -0.2) is 0 Å². The predicted octanol–water partition coefficient (Wildman–Crippen LogP) is 3.70. The van der Waals surface area contributed by atoms with Gasteiger partial charge in [0.2, 0.25) is 0 Å². The molecule has 0 saturated heterocycles. The van der Waals surface area contributed by atoms with Gasteiger partial charge in [-0.1, -0.05) is 41.9 Å². The monoisotopic (exact) mass is 326 g/mol. The fourth-order valence-electron chi connectivity index (χ4n) is 2.24. The topological polar surface area (TPSA) is 15.3 Å². The van der Waals surface area contributed by atoms with E-state index in [9.17, 15) is 0 Å². The molecule has 0 fully saturated rings. The molecule has 0 saturated carbocycles. The number of nitrogens with one attached hydrogen (secondary N) is 1. The third-order valence-electron chi connectivity index (χ3n) is 3.49. The largest absolute Gasteiger partial charge is 0.314 e. The molecule has 1 aromatic rings. The number of rotatable bonds is 9. The fourth-order valence-corrected chi connectivity index (χ4v) is 2.50. The lowest BCUT2D eigenvalue weighted by molar-refractivity contribution is 0.296. The lowest BCUT2D eigenvalue weighted by Gasteiger charge is -2.19.